The highest BCUT2D eigenvalue weighted by molar-refractivity contribution is 14.0. The van der Waals surface area contributed by atoms with Crippen LogP contribution in [0.2, 0.25) is 0 Å². The van der Waals surface area contributed by atoms with E-state index in [0.29, 0.717) is 32.9 Å². The molecule has 0 amide bonds. The van der Waals surface area contributed by atoms with Crippen molar-refractivity contribution in [2.24, 2.45) is 4.99 Å². The van der Waals surface area contributed by atoms with Gasteiger partial charge in [0.2, 0.25) is 0 Å². The van der Waals surface area contributed by atoms with Gasteiger partial charge in [-0.3, -0.25) is 4.99 Å². The lowest BCUT2D eigenvalue weighted by molar-refractivity contribution is 0.110. The lowest BCUT2D eigenvalue weighted by Gasteiger charge is -2.17. The van der Waals surface area contributed by atoms with Crippen LogP contribution in [-0.4, -0.2) is 46.9 Å². The van der Waals surface area contributed by atoms with Gasteiger partial charge in [-0.2, -0.15) is 0 Å². The second-order valence-corrected chi connectivity index (χ2v) is 7.00. The summed E-state index contributed by atoms with van der Waals surface area (Å²) in [6.45, 7) is 7.21. The van der Waals surface area contributed by atoms with Gasteiger partial charge in [0, 0.05) is 52.1 Å². The molecule has 2 N–H and O–H groups in total. The fraction of sp³-hybridized carbons (Fsp3) is 0.435. The largest absolute Gasteiger partial charge is 0.491 e. The Morgan fingerprint density at radius 1 is 1.03 bits per heavy atom. The Morgan fingerprint density at radius 2 is 1.80 bits per heavy atom. The van der Waals surface area contributed by atoms with Gasteiger partial charge in [-0.15, -0.1) is 24.0 Å². The van der Waals surface area contributed by atoms with Gasteiger partial charge in [0.05, 0.1) is 6.61 Å². The Labute approximate surface area is 198 Å². The van der Waals surface area contributed by atoms with E-state index in [4.69, 9.17) is 9.47 Å². The van der Waals surface area contributed by atoms with Gasteiger partial charge in [0.15, 0.2) is 5.96 Å². The number of nitrogens with one attached hydrogen (secondary N) is 2. The van der Waals surface area contributed by atoms with Crippen LogP contribution in [0.3, 0.4) is 0 Å². The lowest BCUT2D eigenvalue weighted by atomic mass is 10.1. The molecule has 0 aliphatic heterocycles. The summed E-state index contributed by atoms with van der Waals surface area (Å²) in [5.41, 5.74) is 4.64. The summed E-state index contributed by atoms with van der Waals surface area (Å²) in [5, 5.41) is 6.74. The number of anilines is 1. The van der Waals surface area contributed by atoms with Crippen LogP contribution in [0.1, 0.15) is 23.6 Å². The number of nitrogens with zero attached hydrogens (tertiary/aromatic N) is 2. The molecule has 30 heavy (non-hydrogen) atoms. The van der Waals surface area contributed by atoms with Crippen LogP contribution in [0.5, 0.6) is 5.75 Å². The Morgan fingerprint density at radius 3 is 2.50 bits per heavy atom. The maximum Gasteiger partial charge on any atom is 0.191 e. The average Bonchev–Trinajstić information content (AvgIpc) is 2.72. The van der Waals surface area contributed by atoms with Gasteiger partial charge in [-0.05, 0) is 43.2 Å². The SMILES string of the molecule is CCOCCOc1cc(C)ccc1CNC(=NC)NCc1cccc(N(C)C)c1.I. The highest BCUT2D eigenvalue weighted by atomic mass is 127. The van der Waals surface area contributed by atoms with Gasteiger partial charge < -0.3 is 25.0 Å². The first-order valence-electron chi connectivity index (χ1n) is 10.0. The van der Waals surface area contributed by atoms with E-state index < -0.39 is 0 Å². The van der Waals surface area contributed by atoms with E-state index in [9.17, 15) is 0 Å². The van der Waals surface area contributed by atoms with Gasteiger partial charge in [0.1, 0.15) is 12.4 Å². The zero-order valence-corrected chi connectivity index (χ0v) is 21.0. The van der Waals surface area contributed by atoms with Gasteiger partial charge >= 0.3 is 0 Å². The predicted octanol–water partition coefficient (Wildman–Crippen LogP) is 3.96. The van der Waals surface area contributed by atoms with Crippen molar-refractivity contribution in [3.8, 4) is 5.75 Å². The summed E-state index contributed by atoms with van der Waals surface area (Å²) in [6.07, 6.45) is 0. The predicted molar refractivity (Wildman–Crippen MR) is 136 cm³/mol. The van der Waals surface area contributed by atoms with Gasteiger partial charge in [-0.1, -0.05) is 24.3 Å². The van der Waals surface area contributed by atoms with Crippen LogP contribution >= 0.6 is 24.0 Å². The Kier molecular flexibility index (Phi) is 12.2. The van der Waals surface area contributed by atoms with Crippen LogP contribution < -0.4 is 20.3 Å². The van der Waals surface area contributed by atoms with E-state index in [-0.39, 0.29) is 24.0 Å². The molecular weight excluding hydrogens is 491 g/mol. The molecule has 0 saturated carbocycles. The number of rotatable bonds is 10. The van der Waals surface area contributed by atoms with Gasteiger partial charge in [0.25, 0.3) is 0 Å². The maximum atomic E-state index is 5.92. The van der Waals surface area contributed by atoms with E-state index in [1.54, 1.807) is 7.05 Å². The number of halogens is 1. The summed E-state index contributed by atoms with van der Waals surface area (Å²) in [5.74, 6) is 1.63. The molecule has 0 fully saturated rings. The first kappa shape index (κ1) is 26.0. The van der Waals surface area contributed by atoms with E-state index in [2.05, 4.69) is 69.9 Å². The fourth-order valence-corrected chi connectivity index (χ4v) is 2.83. The summed E-state index contributed by atoms with van der Waals surface area (Å²) in [7, 11) is 5.87. The number of ether oxygens (including phenoxy) is 2. The second-order valence-electron chi connectivity index (χ2n) is 7.00. The molecule has 0 saturated heterocycles. The molecule has 0 unspecified atom stereocenters. The Hall–Kier alpha value is -2.00. The molecule has 2 aromatic carbocycles. The second kappa shape index (κ2) is 14.1. The third-order valence-corrected chi connectivity index (χ3v) is 4.47. The number of aryl methyl sites for hydroxylation is 1. The highest BCUT2D eigenvalue weighted by Crippen LogP contribution is 2.20. The molecule has 166 valence electrons. The van der Waals surface area contributed by atoms with Crippen molar-refractivity contribution >= 4 is 35.6 Å². The first-order chi connectivity index (χ1) is 14.0. The van der Waals surface area contributed by atoms with E-state index in [1.165, 1.54) is 16.8 Å². The lowest BCUT2D eigenvalue weighted by Crippen LogP contribution is -2.36. The molecular formula is C23H35IN4O2. The minimum Gasteiger partial charge on any atom is -0.491 e. The number of hydrogen-bond donors (Lipinski definition) is 2. The molecule has 0 heterocycles. The van der Waals surface area contributed by atoms with E-state index in [0.717, 1.165) is 17.3 Å². The van der Waals surface area contributed by atoms with Gasteiger partial charge in [-0.25, -0.2) is 0 Å². The normalized spacial score (nSPS) is 10.9. The smallest absolute Gasteiger partial charge is 0.191 e. The molecule has 0 radical (unpaired) electrons. The summed E-state index contributed by atoms with van der Waals surface area (Å²) >= 11 is 0. The van der Waals surface area contributed by atoms with Crippen molar-refractivity contribution in [1.29, 1.82) is 0 Å². The van der Waals surface area contributed by atoms with E-state index >= 15 is 0 Å². The van der Waals surface area contributed by atoms with Crippen LogP contribution in [0, 0.1) is 6.92 Å². The Balaban J connectivity index is 0.00000450. The molecule has 7 heteroatoms. The number of guanidine groups is 1. The number of hydrogen-bond acceptors (Lipinski definition) is 4. The van der Waals surface area contributed by atoms with Crippen molar-refractivity contribution in [2.45, 2.75) is 26.9 Å². The summed E-state index contributed by atoms with van der Waals surface area (Å²) in [4.78, 5) is 6.43. The van der Waals surface area contributed by atoms with Crippen molar-refractivity contribution in [3.05, 3.63) is 59.2 Å². The van der Waals surface area contributed by atoms with Crippen molar-refractivity contribution in [2.75, 3.05) is 45.9 Å². The summed E-state index contributed by atoms with van der Waals surface area (Å²) in [6, 6.07) is 14.7. The van der Waals surface area contributed by atoms with Crippen LogP contribution in [0.25, 0.3) is 0 Å². The fourth-order valence-electron chi connectivity index (χ4n) is 2.83. The zero-order chi connectivity index (χ0) is 21.1. The minimum atomic E-state index is 0. The van der Waals surface area contributed by atoms with Crippen LogP contribution in [-0.2, 0) is 17.8 Å². The zero-order valence-electron chi connectivity index (χ0n) is 18.7. The molecule has 0 atom stereocenters. The highest BCUT2D eigenvalue weighted by Gasteiger charge is 2.07. The third kappa shape index (κ3) is 8.79. The number of benzene rings is 2. The molecule has 0 aliphatic rings. The first-order valence-corrected chi connectivity index (χ1v) is 10.0. The molecule has 0 bridgehead atoms. The molecule has 6 nitrogen and oxygen atoms in total. The minimum absolute atomic E-state index is 0. The molecule has 0 spiro atoms. The van der Waals surface area contributed by atoms with Crippen molar-refractivity contribution in [1.82, 2.24) is 10.6 Å². The maximum absolute atomic E-state index is 5.92. The monoisotopic (exact) mass is 526 g/mol. The molecule has 0 aromatic heterocycles. The Bertz CT molecular complexity index is 797. The molecule has 0 aliphatic carbocycles. The number of aliphatic imine (C=N–C) groups is 1. The van der Waals surface area contributed by atoms with Crippen molar-refractivity contribution in [3.63, 3.8) is 0 Å². The van der Waals surface area contributed by atoms with E-state index in [1.807, 2.05) is 21.0 Å². The molecule has 2 rings (SSSR count). The van der Waals surface area contributed by atoms with Crippen LogP contribution in [0.4, 0.5) is 5.69 Å². The molecule has 2 aromatic rings. The van der Waals surface area contributed by atoms with Crippen molar-refractivity contribution < 1.29 is 9.47 Å². The standard InChI is InChI=1S/C23H34N4O2.HI/c1-6-28-12-13-29-22-14-18(2)10-11-20(22)17-26-23(24-3)25-16-19-8-7-9-21(15-19)27(4)5;/h7-11,14-15H,6,12-13,16-17H2,1-5H3,(H2,24,25,26);1H. The average molecular weight is 526 g/mol. The quantitative estimate of drug-likeness (QED) is 0.213. The van der Waals surface area contributed by atoms with Crippen LogP contribution in [0.15, 0.2) is 47.5 Å². The topological polar surface area (TPSA) is 58.1 Å². The third-order valence-electron chi connectivity index (χ3n) is 4.47. The summed E-state index contributed by atoms with van der Waals surface area (Å²) < 4.78 is 11.3.